The van der Waals surface area contributed by atoms with Gasteiger partial charge in [-0.2, -0.15) is 5.10 Å². The van der Waals surface area contributed by atoms with E-state index in [2.05, 4.69) is 22.2 Å². The van der Waals surface area contributed by atoms with Crippen molar-refractivity contribution in [3.8, 4) is 0 Å². The van der Waals surface area contributed by atoms with Gasteiger partial charge in [0.2, 0.25) is 5.91 Å². The van der Waals surface area contributed by atoms with Crippen LogP contribution in [0.2, 0.25) is 0 Å². The van der Waals surface area contributed by atoms with E-state index in [0.717, 1.165) is 29.7 Å². The van der Waals surface area contributed by atoms with Crippen LogP contribution >= 0.6 is 11.3 Å². The second kappa shape index (κ2) is 8.05. The van der Waals surface area contributed by atoms with Crippen LogP contribution in [-0.2, 0) is 11.3 Å². The van der Waals surface area contributed by atoms with Gasteiger partial charge < -0.3 is 10.2 Å². The molecule has 8 heteroatoms. The quantitative estimate of drug-likeness (QED) is 0.644. The average molecular weight is 402 g/mol. The van der Waals surface area contributed by atoms with E-state index in [9.17, 15) is 9.59 Å². The summed E-state index contributed by atoms with van der Waals surface area (Å²) in [4.78, 5) is 27.6. The lowest BCUT2D eigenvalue weighted by Gasteiger charge is -2.33. The number of amides is 1. The van der Waals surface area contributed by atoms with Crippen LogP contribution in [0.5, 0.6) is 0 Å². The van der Waals surface area contributed by atoms with Crippen molar-refractivity contribution in [3.63, 3.8) is 0 Å². The van der Waals surface area contributed by atoms with Crippen molar-refractivity contribution in [2.24, 2.45) is 0 Å². The molecule has 150 valence electrons. The van der Waals surface area contributed by atoms with Crippen LogP contribution in [-0.4, -0.2) is 50.7 Å². The summed E-state index contributed by atoms with van der Waals surface area (Å²) < 4.78 is 4.19. The largest absolute Gasteiger partial charge is 0.354 e. The van der Waals surface area contributed by atoms with Gasteiger partial charge in [-0.3, -0.25) is 14.0 Å². The van der Waals surface area contributed by atoms with E-state index in [0.29, 0.717) is 23.9 Å². The van der Waals surface area contributed by atoms with Crippen LogP contribution in [0, 0.1) is 6.92 Å². The molecule has 1 amide bonds. The Labute approximate surface area is 167 Å². The number of thiophene rings is 1. The van der Waals surface area contributed by atoms with Crippen molar-refractivity contribution >= 4 is 33.0 Å². The minimum Gasteiger partial charge on any atom is -0.354 e. The molecule has 3 aromatic rings. The zero-order valence-corrected chi connectivity index (χ0v) is 17.3. The van der Waals surface area contributed by atoms with Gasteiger partial charge >= 0.3 is 0 Å². The number of carbonyl (C=O) groups is 1. The Morgan fingerprint density at radius 3 is 3.04 bits per heavy atom. The van der Waals surface area contributed by atoms with Crippen molar-refractivity contribution in [1.29, 1.82) is 0 Å². The van der Waals surface area contributed by atoms with Gasteiger partial charge in [-0.25, -0.2) is 4.68 Å². The van der Waals surface area contributed by atoms with Crippen molar-refractivity contribution in [3.05, 3.63) is 33.7 Å². The minimum absolute atomic E-state index is 0.0465. The van der Waals surface area contributed by atoms with E-state index in [1.807, 2.05) is 28.8 Å². The monoisotopic (exact) mass is 401 g/mol. The highest BCUT2D eigenvalue weighted by Gasteiger charge is 2.18. The number of fused-ring (bicyclic) bond motifs is 3. The third-order valence-corrected chi connectivity index (χ3v) is 6.50. The number of carbonyl (C=O) groups excluding carboxylic acids is 1. The lowest BCUT2D eigenvalue weighted by Crippen LogP contribution is -2.40. The molecule has 1 aliphatic heterocycles. The van der Waals surface area contributed by atoms with Crippen LogP contribution in [0.3, 0.4) is 0 Å². The summed E-state index contributed by atoms with van der Waals surface area (Å²) >= 11 is 1.60. The highest BCUT2D eigenvalue weighted by Crippen LogP contribution is 2.24. The van der Waals surface area contributed by atoms with Crippen LogP contribution in [0.4, 0.5) is 0 Å². The summed E-state index contributed by atoms with van der Waals surface area (Å²) in [6, 6.07) is 4.51. The molecule has 0 saturated carbocycles. The summed E-state index contributed by atoms with van der Waals surface area (Å²) in [7, 11) is 0. The molecule has 1 fully saturated rings. The molecule has 7 nitrogen and oxygen atoms in total. The van der Waals surface area contributed by atoms with E-state index >= 15 is 0 Å². The lowest BCUT2D eigenvalue weighted by molar-refractivity contribution is -0.121. The molecule has 0 spiro atoms. The molecule has 4 heterocycles. The number of hydrogen-bond donors (Lipinski definition) is 1. The smallest absolute Gasteiger partial charge is 0.291 e. The highest BCUT2D eigenvalue weighted by atomic mass is 32.1. The number of aryl methyl sites for hydroxylation is 1. The van der Waals surface area contributed by atoms with E-state index in [4.69, 9.17) is 0 Å². The molecule has 0 aliphatic carbocycles. The third kappa shape index (κ3) is 3.71. The Hall–Kier alpha value is -2.19. The van der Waals surface area contributed by atoms with Crippen LogP contribution in [0.1, 0.15) is 38.4 Å². The first-order valence-electron chi connectivity index (χ1n) is 10.0. The molecular weight excluding hydrogens is 374 g/mol. The van der Waals surface area contributed by atoms with Gasteiger partial charge in [-0.05, 0) is 57.2 Å². The summed E-state index contributed by atoms with van der Waals surface area (Å²) in [5.74, 6) is 0.535. The number of rotatable bonds is 6. The molecule has 28 heavy (non-hydrogen) atoms. The number of aromatic nitrogens is 3. The van der Waals surface area contributed by atoms with Gasteiger partial charge in [0.05, 0.1) is 10.2 Å². The van der Waals surface area contributed by atoms with Gasteiger partial charge in [0.1, 0.15) is 17.9 Å². The summed E-state index contributed by atoms with van der Waals surface area (Å²) in [6.45, 7) is 6.87. The Morgan fingerprint density at radius 1 is 1.36 bits per heavy atom. The molecule has 0 aromatic carbocycles. The zero-order valence-electron chi connectivity index (χ0n) is 16.5. The molecule has 3 aromatic heterocycles. The fraction of sp³-hybridized carbons (Fsp3) is 0.550. The molecule has 4 rings (SSSR count). The molecule has 1 N–H and O–H groups in total. The van der Waals surface area contributed by atoms with Crippen LogP contribution < -0.4 is 10.9 Å². The molecule has 1 saturated heterocycles. The van der Waals surface area contributed by atoms with Gasteiger partial charge in [0, 0.05) is 19.1 Å². The van der Waals surface area contributed by atoms with Crippen molar-refractivity contribution in [2.45, 2.75) is 52.1 Å². The Balaban J connectivity index is 1.37. The molecule has 1 aliphatic rings. The summed E-state index contributed by atoms with van der Waals surface area (Å²) in [5.41, 5.74) is 1.33. The summed E-state index contributed by atoms with van der Waals surface area (Å²) in [5, 5.41) is 9.29. The second-order valence-electron chi connectivity index (χ2n) is 7.63. The maximum absolute atomic E-state index is 12.8. The first-order valence-corrected chi connectivity index (χ1v) is 10.9. The number of nitrogens with zero attached hydrogens (tertiary/aromatic N) is 4. The van der Waals surface area contributed by atoms with Crippen molar-refractivity contribution < 1.29 is 4.79 Å². The van der Waals surface area contributed by atoms with E-state index in [-0.39, 0.29) is 18.0 Å². The fourth-order valence-corrected chi connectivity index (χ4v) is 4.93. The number of hydrogen-bond acceptors (Lipinski definition) is 5. The standard InChI is InChI=1S/C20H27N5O2S/c1-14-6-3-4-9-23(14)10-5-8-21-19(26)13-24-20(27)17-12-18-16(7-11-28-18)25(17)15(2)22-24/h7,11-12,14H,3-6,8-10,13H2,1-2H3,(H,21,26)/t14-/m1/s1. The highest BCUT2D eigenvalue weighted by molar-refractivity contribution is 7.17. The van der Waals surface area contributed by atoms with Crippen molar-refractivity contribution in [2.75, 3.05) is 19.6 Å². The molecule has 0 unspecified atom stereocenters. The molecule has 0 radical (unpaired) electrons. The van der Waals surface area contributed by atoms with Gasteiger partial charge in [0.15, 0.2) is 0 Å². The second-order valence-corrected chi connectivity index (χ2v) is 8.58. The molecule has 1 atom stereocenters. The van der Waals surface area contributed by atoms with Crippen molar-refractivity contribution in [1.82, 2.24) is 24.4 Å². The molecule has 0 bridgehead atoms. The predicted octanol–water partition coefficient (Wildman–Crippen LogP) is 2.40. The number of likely N-dealkylation sites (tertiary alicyclic amines) is 1. The Morgan fingerprint density at radius 2 is 2.21 bits per heavy atom. The van der Waals surface area contributed by atoms with E-state index in [1.54, 1.807) is 11.3 Å². The van der Waals surface area contributed by atoms with Crippen LogP contribution in [0.15, 0.2) is 22.3 Å². The first-order chi connectivity index (χ1) is 13.5. The average Bonchev–Trinajstić information content (AvgIpc) is 3.25. The zero-order chi connectivity index (χ0) is 19.7. The van der Waals surface area contributed by atoms with E-state index in [1.165, 1.54) is 23.9 Å². The Kier molecular flexibility index (Phi) is 5.50. The maximum atomic E-state index is 12.8. The lowest BCUT2D eigenvalue weighted by atomic mass is 10.0. The topological polar surface area (TPSA) is 71.6 Å². The Bertz CT molecular complexity index is 1050. The summed E-state index contributed by atoms with van der Waals surface area (Å²) in [6.07, 6.45) is 4.77. The predicted molar refractivity (Wildman–Crippen MR) is 112 cm³/mol. The number of piperidine rings is 1. The first kappa shape index (κ1) is 19.1. The van der Waals surface area contributed by atoms with E-state index < -0.39 is 0 Å². The van der Waals surface area contributed by atoms with Gasteiger partial charge in [-0.15, -0.1) is 11.3 Å². The van der Waals surface area contributed by atoms with Gasteiger partial charge in [-0.1, -0.05) is 6.42 Å². The molecular formula is C20H27N5O2S. The minimum atomic E-state index is -0.230. The number of nitrogens with one attached hydrogen (secondary N) is 1. The van der Waals surface area contributed by atoms with Gasteiger partial charge in [0.25, 0.3) is 5.56 Å². The SMILES string of the molecule is Cc1nn(CC(=O)NCCCN2CCCC[C@H]2C)c(=O)c2cc3sccc3n12. The fourth-order valence-electron chi connectivity index (χ4n) is 4.13. The van der Waals surface area contributed by atoms with Crippen LogP contribution in [0.25, 0.3) is 15.7 Å². The third-order valence-electron chi connectivity index (χ3n) is 5.64. The normalized spacial score (nSPS) is 18.1. The maximum Gasteiger partial charge on any atom is 0.291 e.